The number of piperidine rings is 1. The van der Waals surface area contributed by atoms with Crippen LogP contribution in [0.3, 0.4) is 0 Å². The fraction of sp³-hybridized carbons (Fsp3) is 0.619. The highest BCUT2D eigenvalue weighted by Crippen LogP contribution is 2.45. The quantitative estimate of drug-likeness (QED) is 0.721. The van der Waals surface area contributed by atoms with Gasteiger partial charge in [0.15, 0.2) is 0 Å². The summed E-state index contributed by atoms with van der Waals surface area (Å²) in [5, 5.41) is 0.739. The highest BCUT2D eigenvalue weighted by Gasteiger charge is 2.41. The average Bonchev–Trinajstić information content (AvgIpc) is 3.26. The third kappa shape index (κ3) is 3.22. The molecule has 3 nitrogen and oxygen atoms in total. The summed E-state index contributed by atoms with van der Waals surface area (Å²) in [7, 11) is 3.53. The van der Waals surface area contributed by atoms with Crippen LogP contribution in [0.5, 0.6) is 5.75 Å². The second-order valence-electron chi connectivity index (χ2n) is 7.88. The number of ether oxygens (including phenoxy) is 2. The Labute approximate surface area is 155 Å². The molecule has 0 amide bonds. The summed E-state index contributed by atoms with van der Waals surface area (Å²) in [6.45, 7) is 3.38. The second kappa shape index (κ2) is 6.94. The van der Waals surface area contributed by atoms with E-state index in [1.165, 1.54) is 19.4 Å². The van der Waals surface area contributed by atoms with E-state index in [0.29, 0.717) is 0 Å². The number of fused-ring (bicyclic) bond motifs is 2. The number of hydrogen-bond acceptors (Lipinski definition) is 3. The molecule has 0 radical (unpaired) electrons. The van der Waals surface area contributed by atoms with Crippen molar-refractivity contribution in [3.05, 3.63) is 40.9 Å². The van der Waals surface area contributed by atoms with E-state index in [-0.39, 0.29) is 5.60 Å². The van der Waals surface area contributed by atoms with Crippen molar-refractivity contribution in [2.45, 2.75) is 31.3 Å². The molecule has 1 aliphatic heterocycles. The summed E-state index contributed by atoms with van der Waals surface area (Å²) in [5.74, 6) is 3.41. The van der Waals surface area contributed by atoms with Crippen LogP contribution in [0, 0.1) is 17.8 Å². The summed E-state index contributed by atoms with van der Waals surface area (Å²) in [4.78, 5) is 2.63. The minimum absolute atomic E-state index is 0.290. The topological polar surface area (TPSA) is 21.7 Å². The molecule has 2 aliphatic carbocycles. The molecule has 0 unspecified atom stereocenters. The van der Waals surface area contributed by atoms with Gasteiger partial charge in [-0.3, -0.25) is 0 Å². The molecule has 1 heterocycles. The van der Waals surface area contributed by atoms with Gasteiger partial charge in [-0.2, -0.15) is 0 Å². The fourth-order valence-corrected chi connectivity index (χ4v) is 5.32. The van der Waals surface area contributed by atoms with Gasteiger partial charge < -0.3 is 14.4 Å². The lowest BCUT2D eigenvalue weighted by atomic mass is 9.82. The van der Waals surface area contributed by atoms with Crippen molar-refractivity contribution < 1.29 is 9.47 Å². The number of halogens is 1. The standard InChI is InChI=1S/C21H28ClNO2/c1-24-20-6-5-18(22)13-19(20)21(25-2)7-9-23(10-8-21)14-17-12-15-3-4-16(17)11-15/h3-6,13,15-17H,7-12,14H2,1-2H3/t15-,16-,17-/m0/s1. The smallest absolute Gasteiger partial charge is 0.125 e. The van der Waals surface area contributed by atoms with Gasteiger partial charge in [0.1, 0.15) is 5.75 Å². The van der Waals surface area contributed by atoms with Gasteiger partial charge in [0.2, 0.25) is 0 Å². The van der Waals surface area contributed by atoms with Gasteiger partial charge in [-0.1, -0.05) is 23.8 Å². The minimum atomic E-state index is -0.290. The van der Waals surface area contributed by atoms with Crippen LogP contribution in [-0.4, -0.2) is 38.8 Å². The van der Waals surface area contributed by atoms with Gasteiger partial charge in [0.05, 0.1) is 12.7 Å². The van der Waals surface area contributed by atoms with Gasteiger partial charge in [0, 0.05) is 37.3 Å². The van der Waals surface area contributed by atoms with Crippen molar-refractivity contribution in [3.8, 4) is 5.75 Å². The van der Waals surface area contributed by atoms with E-state index in [2.05, 4.69) is 17.1 Å². The summed E-state index contributed by atoms with van der Waals surface area (Å²) >= 11 is 6.26. The van der Waals surface area contributed by atoms with Crippen LogP contribution in [0.1, 0.15) is 31.2 Å². The first-order valence-corrected chi connectivity index (χ1v) is 9.81. The molecule has 1 aromatic rings. The van der Waals surface area contributed by atoms with E-state index in [1.54, 1.807) is 7.11 Å². The molecule has 3 atom stereocenters. The Balaban J connectivity index is 1.45. The Morgan fingerprint density at radius 3 is 2.56 bits per heavy atom. The average molecular weight is 362 g/mol. The molecule has 4 rings (SSSR count). The van der Waals surface area contributed by atoms with Crippen LogP contribution in [0.25, 0.3) is 0 Å². The van der Waals surface area contributed by atoms with Crippen LogP contribution in [0.15, 0.2) is 30.4 Å². The number of allylic oxidation sites excluding steroid dienone is 2. The second-order valence-corrected chi connectivity index (χ2v) is 8.32. The molecule has 2 fully saturated rings. The molecule has 1 aromatic carbocycles. The van der Waals surface area contributed by atoms with E-state index >= 15 is 0 Å². The van der Waals surface area contributed by atoms with Crippen molar-refractivity contribution in [2.24, 2.45) is 17.8 Å². The van der Waals surface area contributed by atoms with Crippen molar-refractivity contribution in [2.75, 3.05) is 33.9 Å². The van der Waals surface area contributed by atoms with Crippen molar-refractivity contribution in [3.63, 3.8) is 0 Å². The molecule has 136 valence electrons. The first kappa shape index (κ1) is 17.4. The summed E-state index contributed by atoms with van der Waals surface area (Å²) in [5.41, 5.74) is 0.800. The number of rotatable bonds is 5. The molecule has 0 aromatic heterocycles. The Hall–Kier alpha value is -1.03. The monoisotopic (exact) mass is 361 g/mol. The predicted octanol–water partition coefficient (Wildman–Crippen LogP) is 4.50. The lowest BCUT2D eigenvalue weighted by Crippen LogP contribution is -2.45. The number of likely N-dealkylation sites (tertiary alicyclic amines) is 1. The molecule has 0 N–H and O–H groups in total. The van der Waals surface area contributed by atoms with Crippen molar-refractivity contribution in [1.82, 2.24) is 4.90 Å². The maximum absolute atomic E-state index is 6.26. The highest BCUT2D eigenvalue weighted by molar-refractivity contribution is 6.30. The zero-order valence-corrected chi connectivity index (χ0v) is 16.0. The Kier molecular flexibility index (Phi) is 4.83. The van der Waals surface area contributed by atoms with E-state index in [9.17, 15) is 0 Å². The van der Waals surface area contributed by atoms with Crippen LogP contribution in [0.4, 0.5) is 0 Å². The third-order valence-corrected chi connectivity index (χ3v) is 6.85. The zero-order valence-electron chi connectivity index (χ0n) is 15.2. The van der Waals surface area contributed by atoms with E-state index < -0.39 is 0 Å². The molecular formula is C21H28ClNO2. The van der Waals surface area contributed by atoms with Gasteiger partial charge in [-0.25, -0.2) is 0 Å². The molecular weight excluding hydrogens is 334 g/mol. The Bertz CT molecular complexity index is 651. The van der Waals surface area contributed by atoms with Crippen molar-refractivity contribution in [1.29, 1.82) is 0 Å². The number of hydrogen-bond donors (Lipinski definition) is 0. The van der Waals surface area contributed by atoms with Gasteiger partial charge in [0.25, 0.3) is 0 Å². The first-order valence-electron chi connectivity index (χ1n) is 9.43. The number of benzene rings is 1. The zero-order chi connectivity index (χ0) is 17.4. The van der Waals surface area contributed by atoms with E-state index in [4.69, 9.17) is 21.1 Å². The third-order valence-electron chi connectivity index (χ3n) is 6.62. The lowest BCUT2D eigenvalue weighted by Gasteiger charge is -2.42. The van der Waals surface area contributed by atoms with Gasteiger partial charge in [-0.05, 0) is 61.6 Å². The largest absolute Gasteiger partial charge is 0.496 e. The molecule has 4 heteroatoms. The highest BCUT2D eigenvalue weighted by atomic mass is 35.5. The number of nitrogens with zero attached hydrogens (tertiary/aromatic N) is 1. The predicted molar refractivity (Wildman–Crippen MR) is 101 cm³/mol. The van der Waals surface area contributed by atoms with E-state index in [0.717, 1.165) is 60.0 Å². The normalized spacial score (nSPS) is 30.8. The molecule has 1 saturated heterocycles. The summed E-state index contributed by atoms with van der Waals surface area (Å²) in [6.07, 6.45) is 9.63. The Morgan fingerprint density at radius 1 is 1.16 bits per heavy atom. The summed E-state index contributed by atoms with van der Waals surface area (Å²) in [6, 6.07) is 5.84. The minimum Gasteiger partial charge on any atom is -0.496 e. The first-order chi connectivity index (χ1) is 12.1. The lowest BCUT2D eigenvalue weighted by molar-refractivity contribution is -0.0659. The molecule has 25 heavy (non-hydrogen) atoms. The fourth-order valence-electron chi connectivity index (χ4n) is 5.15. The van der Waals surface area contributed by atoms with Crippen LogP contribution in [-0.2, 0) is 10.3 Å². The van der Waals surface area contributed by atoms with Crippen molar-refractivity contribution >= 4 is 11.6 Å². The molecule has 1 saturated carbocycles. The maximum atomic E-state index is 6.26. The van der Waals surface area contributed by atoms with Crippen LogP contribution < -0.4 is 4.74 Å². The number of methoxy groups -OCH3 is 2. The summed E-state index contributed by atoms with van der Waals surface area (Å²) < 4.78 is 11.6. The van der Waals surface area contributed by atoms with Gasteiger partial charge >= 0.3 is 0 Å². The maximum Gasteiger partial charge on any atom is 0.125 e. The van der Waals surface area contributed by atoms with Gasteiger partial charge in [-0.15, -0.1) is 0 Å². The van der Waals surface area contributed by atoms with Crippen LogP contribution >= 0.6 is 11.6 Å². The van der Waals surface area contributed by atoms with E-state index in [1.807, 2.05) is 25.3 Å². The molecule has 2 bridgehead atoms. The molecule has 3 aliphatic rings. The Morgan fingerprint density at radius 2 is 1.96 bits per heavy atom. The SMILES string of the molecule is COc1ccc(Cl)cc1C1(OC)CCN(C[C@@H]2C[C@H]3C=C[C@H]2C3)CC1. The van der Waals surface area contributed by atoms with Crippen LogP contribution in [0.2, 0.25) is 5.02 Å². The molecule has 0 spiro atoms.